The number of aromatic hydroxyl groups is 1. The van der Waals surface area contributed by atoms with Gasteiger partial charge >= 0.3 is 5.97 Å². The van der Waals surface area contributed by atoms with Crippen molar-refractivity contribution in [3.05, 3.63) is 106 Å². The minimum Gasteiger partial charge on any atom is -0.508 e. The fraction of sp³-hybridized carbons (Fsp3) is 0.107. The zero-order chi connectivity index (χ0) is 26.3. The number of aliphatic hydroxyl groups is 1. The lowest BCUT2D eigenvalue weighted by Crippen LogP contribution is -2.31. The summed E-state index contributed by atoms with van der Waals surface area (Å²) in [6, 6.07) is 17.9. The van der Waals surface area contributed by atoms with Crippen LogP contribution >= 0.6 is 11.6 Å². The van der Waals surface area contributed by atoms with Crippen LogP contribution in [0, 0.1) is 0 Å². The van der Waals surface area contributed by atoms with Crippen molar-refractivity contribution in [3.8, 4) is 5.75 Å². The molecule has 1 aromatic heterocycles. The van der Waals surface area contributed by atoms with Gasteiger partial charge in [0, 0.05) is 16.1 Å². The number of phenolic OH excluding ortho intramolecular Hbond substituents is 1. The summed E-state index contributed by atoms with van der Waals surface area (Å²) in [7, 11) is 1.30. The monoisotopic (exact) mass is 517 g/mol. The van der Waals surface area contributed by atoms with Crippen LogP contribution in [0.25, 0.3) is 11.0 Å². The van der Waals surface area contributed by atoms with Gasteiger partial charge in [0.05, 0.1) is 25.1 Å². The van der Waals surface area contributed by atoms with Crippen molar-refractivity contribution < 1.29 is 33.8 Å². The van der Waals surface area contributed by atoms with E-state index >= 15 is 0 Å². The molecule has 0 spiro atoms. The Hall–Kier alpha value is -4.56. The van der Waals surface area contributed by atoms with Crippen molar-refractivity contribution in [1.29, 1.82) is 0 Å². The van der Waals surface area contributed by atoms with Crippen LogP contribution in [0.1, 0.15) is 27.7 Å². The summed E-state index contributed by atoms with van der Waals surface area (Å²) in [4.78, 5) is 39.9. The first-order chi connectivity index (χ1) is 17.8. The number of fused-ring (bicyclic) bond motifs is 1. The van der Waals surface area contributed by atoms with Gasteiger partial charge in [-0.15, -0.1) is 0 Å². The fourth-order valence-corrected chi connectivity index (χ4v) is 4.53. The van der Waals surface area contributed by atoms with E-state index in [0.29, 0.717) is 32.8 Å². The number of phenols is 1. The van der Waals surface area contributed by atoms with Crippen LogP contribution < -0.4 is 4.90 Å². The molecule has 37 heavy (non-hydrogen) atoms. The van der Waals surface area contributed by atoms with E-state index in [1.165, 1.54) is 30.2 Å². The van der Waals surface area contributed by atoms with Gasteiger partial charge in [0.25, 0.3) is 5.91 Å². The molecule has 5 rings (SSSR count). The third kappa shape index (κ3) is 4.43. The quantitative estimate of drug-likeness (QED) is 0.263. The van der Waals surface area contributed by atoms with Crippen LogP contribution in [0.3, 0.4) is 0 Å². The lowest BCUT2D eigenvalue weighted by molar-refractivity contribution is -0.139. The smallest absolute Gasteiger partial charge is 0.309 e. The molecule has 2 heterocycles. The maximum absolute atomic E-state index is 13.7. The number of nitrogens with zero attached hydrogens (tertiary/aromatic N) is 1. The first kappa shape index (κ1) is 24.1. The van der Waals surface area contributed by atoms with Gasteiger partial charge in [-0.05, 0) is 59.7 Å². The SMILES string of the molecule is COC(=O)Cc1ccc(N2C(=O)C(O)=C(C(=O)c3cc4cc(Cl)ccc4o3)C2c2ccc(O)cc2)cc1. The minimum atomic E-state index is -1.01. The van der Waals surface area contributed by atoms with Gasteiger partial charge in [0.2, 0.25) is 5.78 Å². The average Bonchev–Trinajstić information content (AvgIpc) is 3.43. The number of amides is 1. The Morgan fingerprint density at radius 2 is 1.70 bits per heavy atom. The zero-order valence-corrected chi connectivity index (χ0v) is 20.2. The number of benzene rings is 3. The number of rotatable bonds is 6. The molecule has 186 valence electrons. The summed E-state index contributed by atoms with van der Waals surface area (Å²) in [5.74, 6) is -2.62. The van der Waals surface area contributed by atoms with Gasteiger partial charge in [-0.3, -0.25) is 19.3 Å². The Labute approximate surface area is 215 Å². The molecule has 0 radical (unpaired) electrons. The van der Waals surface area contributed by atoms with Crippen LogP contribution in [0.4, 0.5) is 5.69 Å². The first-order valence-corrected chi connectivity index (χ1v) is 11.6. The number of furan rings is 1. The molecule has 0 saturated heterocycles. The minimum absolute atomic E-state index is 0.00188. The van der Waals surface area contributed by atoms with E-state index in [-0.39, 0.29) is 23.5 Å². The Morgan fingerprint density at radius 3 is 2.38 bits per heavy atom. The molecule has 0 saturated carbocycles. The number of carbonyl (C=O) groups is 3. The second-order valence-electron chi connectivity index (χ2n) is 8.47. The van der Waals surface area contributed by atoms with Crippen LogP contribution in [0.2, 0.25) is 5.02 Å². The molecule has 4 aromatic rings. The van der Waals surface area contributed by atoms with E-state index in [1.54, 1.807) is 54.6 Å². The first-order valence-electron chi connectivity index (χ1n) is 11.2. The number of aliphatic hydroxyl groups excluding tert-OH is 1. The maximum Gasteiger partial charge on any atom is 0.309 e. The van der Waals surface area contributed by atoms with E-state index < -0.39 is 29.5 Å². The Morgan fingerprint density at radius 1 is 1.00 bits per heavy atom. The van der Waals surface area contributed by atoms with Gasteiger partial charge in [0.1, 0.15) is 11.3 Å². The standard InChI is InChI=1S/C28H20ClNO7/c1-36-23(32)12-15-2-7-19(8-3-15)30-25(16-4-9-20(31)10-5-16)24(27(34)28(30)35)26(33)22-14-17-13-18(29)6-11-21(17)37-22/h2-11,13-14,25,31,34H,12H2,1H3. The van der Waals surface area contributed by atoms with Crippen LogP contribution in [0.15, 0.2) is 88.5 Å². The van der Waals surface area contributed by atoms with Gasteiger partial charge in [-0.1, -0.05) is 35.9 Å². The van der Waals surface area contributed by atoms with Crippen molar-refractivity contribution in [1.82, 2.24) is 0 Å². The number of hydrogen-bond donors (Lipinski definition) is 2. The topological polar surface area (TPSA) is 117 Å². The van der Waals surface area contributed by atoms with Gasteiger partial charge in [-0.25, -0.2) is 0 Å². The molecule has 1 unspecified atom stereocenters. The fourth-order valence-electron chi connectivity index (χ4n) is 4.35. The molecule has 3 aromatic carbocycles. The van der Waals surface area contributed by atoms with Crippen LogP contribution in [-0.4, -0.2) is 35.0 Å². The molecule has 9 heteroatoms. The molecular formula is C28H20ClNO7. The average molecular weight is 518 g/mol. The number of esters is 1. The van der Waals surface area contributed by atoms with Gasteiger partial charge in [-0.2, -0.15) is 0 Å². The summed E-state index contributed by atoms with van der Waals surface area (Å²) in [6.45, 7) is 0. The van der Waals surface area contributed by atoms with Crippen molar-refractivity contribution in [3.63, 3.8) is 0 Å². The Bertz CT molecular complexity index is 1570. The normalized spacial score (nSPS) is 15.5. The van der Waals surface area contributed by atoms with E-state index in [2.05, 4.69) is 0 Å². The number of methoxy groups -OCH3 is 1. The molecule has 1 atom stereocenters. The van der Waals surface area contributed by atoms with E-state index in [4.69, 9.17) is 20.8 Å². The van der Waals surface area contributed by atoms with Crippen molar-refractivity contribution in [2.75, 3.05) is 12.0 Å². The van der Waals surface area contributed by atoms with Gasteiger partial charge < -0.3 is 19.4 Å². The highest BCUT2D eigenvalue weighted by Gasteiger charge is 2.45. The predicted octanol–water partition coefficient (Wildman–Crippen LogP) is 5.29. The molecule has 0 bridgehead atoms. The highest BCUT2D eigenvalue weighted by molar-refractivity contribution is 6.31. The Kier molecular flexibility index (Phi) is 6.19. The summed E-state index contributed by atoms with van der Waals surface area (Å²) < 4.78 is 10.4. The maximum atomic E-state index is 13.7. The highest BCUT2D eigenvalue weighted by Crippen LogP contribution is 2.42. The molecule has 8 nitrogen and oxygen atoms in total. The van der Waals surface area contributed by atoms with E-state index in [0.717, 1.165) is 0 Å². The van der Waals surface area contributed by atoms with Crippen molar-refractivity contribution in [2.24, 2.45) is 0 Å². The van der Waals surface area contributed by atoms with Crippen LogP contribution in [-0.2, 0) is 20.7 Å². The summed E-state index contributed by atoms with van der Waals surface area (Å²) in [5, 5.41) is 21.8. The van der Waals surface area contributed by atoms with Crippen molar-refractivity contribution in [2.45, 2.75) is 12.5 Å². The highest BCUT2D eigenvalue weighted by atomic mass is 35.5. The molecule has 2 N–H and O–H groups in total. The number of Topliss-reactive ketones (excluding diaryl/α,β-unsaturated/α-hetero) is 1. The zero-order valence-electron chi connectivity index (χ0n) is 19.5. The van der Waals surface area contributed by atoms with E-state index in [9.17, 15) is 24.6 Å². The number of anilines is 1. The summed E-state index contributed by atoms with van der Waals surface area (Å²) in [6.07, 6.45) is 0.0510. The third-order valence-corrected chi connectivity index (χ3v) is 6.39. The van der Waals surface area contributed by atoms with Crippen LogP contribution in [0.5, 0.6) is 5.75 Å². The van der Waals surface area contributed by atoms with E-state index in [1.807, 2.05) is 0 Å². The summed E-state index contributed by atoms with van der Waals surface area (Å²) >= 11 is 6.05. The molecule has 1 aliphatic heterocycles. The second kappa shape index (κ2) is 9.48. The second-order valence-corrected chi connectivity index (χ2v) is 8.91. The predicted molar refractivity (Wildman–Crippen MR) is 136 cm³/mol. The molecule has 1 aliphatic rings. The number of halogens is 1. The number of carbonyl (C=O) groups excluding carboxylic acids is 3. The number of ether oxygens (including phenoxy) is 1. The molecule has 1 amide bonds. The third-order valence-electron chi connectivity index (χ3n) is 6.15. The lowest BCUT2D eigenvalue weighted by atomic mass is 9.94. The molecule has 0 aliphatic carbocycles. The molecular weight excluding hydrogens is 498 g/mol. The molecule has 0 fully saturated rings. The summed E-state index contributed by atoms with van der Waals surface area (Å²) in [5.41, 5.74) is 1.80. The van der Waals surface area contributed by atoms with Gasteiger partial charge in [0.15, 0.2) is 11.5 Å². The largest absolute Gasteiger partial charge is 0.508 e. The lowest BCUT2D eigenvalue weighted by Gasteiger charge is -2.27. The van der Waals surface area contributed by atoms with Crippen molar-refractivity contribution >= 4 is 45.9 Å². The number of ketones is 1. The Balaban J connectivity index is 1.58. The number of hydrogen-bond acceptors (Lipinski definition) is 7.